The van der Waals surface area contributed by atoms with Crippen LogP contribution in [0.2, 0.25) is 0 Å². The van der Waals surface area contributed by atoms with E-state index in [9.17, 15) is 19.8 Å². The number of carbonyl (C=O) groups is 2. The maximum atomic E-state index is 12.5. The van der Waals surface area contributed by atoms with Crippen LogP contribution in [0.3, 0.4) is 0 Å². The second kappa shape index (κ2) is 64.6. The summed E-state index contributed by atoms with van der Waals surface area (Å²) < 4.78 is 5.46. The van der Waals surface area contributed by atoms with Gasteiger partial charge in [0.15, 0.2) is 0 Å². The van der Waals surface area contributed by atoms with E-state index in [1.165, 1.54) is 295 Å². The average Bonchev–Trinajstić information content (AvgIpc) is 3.41. The van der Waals surface area contributed by atoms with Gasteiger partial charge >= 0.3 is 5.97 Å². The minimum absolute atomic E-state index is 0.00685. The quantitative estimate of drug-likeness (QED) is 0.0320. The summed E-state index contributed by atoms with van der Waals surface area (Å²) in [5.74, 6) is -0.0567. The second-order valence-electron chi connectivity index (χ2n) is 23.1. The van der Waals surface area contributed by atoms with E-state index in [0.717, 1.165) is 44.9 Å². The van der Waals surface area contributed by atoms with Gasteiger partial charge in [-0.2, -0.15) is 0 Å². The number of aliphatic hydroxyl groups excluding tert-OH is 2. The van der Waals surface area contributed by atoms with Gasteiger partial charge in [0.2, 0.25) is 5.91 Å². The molecule has 0 rings (SSSR count). The summed E-state index contributed by atoms with van der Waals surface area (Å²) in [5, 5.41) is 23.2. The molecule has 0 aliphatic heterocycles. The fraction of sp³-hybridized carbons (Fsp3) is 0.884. The number of esters is 1. The number of hydrogen-bond acceptors (Lipinski definition) is 5. The highest BCUT2D eigenvalue weighted by molar-refractivity contribution is 5.76. The van der Waals surface area contributed by atoms with E-state index in [1.807, 2.05) is 6.08 Å². The highest BCUT2D eigenvalue weighted by Gasteiger charge is 2.18. The highest BCUT2D eigenvalue weighted by atomic mass is 16.5. The molecule has 0 aromatic rings. The Balaban J connectivity index is 3.37. The van der Waals surface area contributed by atoms with E-state index in [1.54, 1.807) is 6.08 Å². The molecule has 75 heavy (non-hydrogen) atoms. The van der Waals surface area contributed by atoms with Crippen molar-refractivity contribution in [2.45, 2.75) is 379 Å². The van der Waals surface area contributed by atoms with Gasteiger partial charge in [0, 0.05) is 12.8 Å². The van der Waals surface area contributed by atoms with Crippen LogP contribution in [0, 0.1) is 0 Å². The molecular weight excluding hydrogens is 923 g/mol. The zero-order valence-corrected chi connectivity index (χ0v) is 50.5. The second-order valence-corrected chi connectivity index (χ2v) is 23.1. The Morgan fingerprint density at radius 2 is 0.640 bits per heavy atom. The third-order valence-corrected chi connectivity index (χ3v) is 15.6. The number of amides is 1. The van der Waals surface area contributed by atoms with Crippen molar-refractivity contribution < 1.29 is 24.5 Å². The molecule has 0 bridgehead atoms. The maximum Gasteiger partial charge on any atom is 0.305 e. The first-order valence-corrected chi connectivity index (χ1v) is 33.8. The van der Waals surface area contributed by atoms with E-state index >= 15 is 0 Å². The monoisotopic (exact) mass is 1050 g/mol. The Morgan fingerprint density at radius 1 is 0.360 bits per heavy atom. The van der Waals surface area contributed by atoms with Crippen LogP contribution in [0.5, 0.6) is 0 Å². The summed E-state index contributed by atoms with van der Waals surface area (Å²) in [6.07, 6.45) is 82.2. The summed E-state index contributed by atoms with van der Waals surface area (Å²) >= 11 is 0. The Bertz CT molecular complexity index is 1210. The number of nitrogens with one attached hydrogen (secondary N) is 1. The summed E-state index contributed by atoms with van der Waals surface area (Å²) in [5.41, 5.74) is 0. The number of aliphatic hydroxyl groups is 2. The lowest BCUT2D eigenvalue weighted by molar-refractivity contribution is -0.143. The molecule has 0 heterocycles. The fourth-order valence-corrected chi connectivity index (χ4v) is 10.4. The van der Waals surface area contributed by atoms with Crippen LogP contribution >= 0.6 is 0 Å². The molecule has 0 aromatic carbocycles. The zero-order chi connectivity index (χ0) is 54.3. The molecule has 0 saturated heterocycles. The van der Waals surface area contributed by atoms with Gasteiger partial charge < -0.3 is 20.3 Å². The summed E-state index contributed by atoms with van der Waals surface area (Å²) in [6, 6.07) is -0.625. The van der Waals surface area contributed by atoms with Gasteiger partial charge in [-0.15, -0.1) is 0 Å². The van der Waals surface area contributed by atoms with Gasteiger partial charge in [0.05, 0.1) is 25.4 Å². The molecule has 0 saturated carbocycles. The zero-order valence-electron chi connectivity index (χ0n) is 50.5. The third-order valence-electron chi connectivity index (χ3n) is 15.6. The normalized spacial score (nSPS) is 12.7. The molecule has 0 aliphatic carbocycles. The SMILES string of the molecule is CCCC/C=C\CCCCCCCC(=O)OCCCCCCCCCCCCCC/C=C\CCCCCCCCCCCCCCCCCCC(=O)NC(CO)C(O)/C=C/CCCCCCCCCCCCCCC. The standard InChI is InChI=1S/C69H131NO5/c1-3-5-7-9-11-13-15-16-35-38-42-45-49-53-57-61-67(72)66(65-71)70-68(73)62-58-54-50-46-43-39-36-33-31-29-27-25-23-21-19-17-18-20-22-24-26-28-30-32-34-37-40-44-48-52-56-60-64-75-69(74)63-59-55-51-47-41-14-12-10-8-6-4-2/h10,12,20,22,57,61,66-67,71-72H,3-9,11,13-19,21,23-56,58-60,62-65H2,1-2H3,(H,70,73)/b12-10-,22-20-,61-57+. The Hall–Kier alpha value is -1.92. The third kappa shape index (κ3) is 61.2. The van der Waals surface area contributed by atoms with E-state index in [0.29, 0.717) is 19.4 Å². The van der Waals surface area contributed by atoms with Crippen molar-refractivity contribution in [1.82, 2.24) is 5.32 Å². The van der Waals surface area contributed by atoms with Gasteiger partial charge in [-0.25, -0.2) is 0 Å². The predicted octanol–water partition coefficient (Wildman–Crippen LogP) is 21.5. The molecule has 0 aliphatic rings. The minimum atomic E-state index is -0.842. The lowest BCUT2D eigenvalue weighted by Crippen LogP contribution is -2.45. The molecule has 0 aromatic heterocycles. The van der Waals surface area contributed by atoms with Gasteiger partial charge in [0.1, 0.15) is 0 Å². The van der Waals surface area contributed by atoms with Crippen LogP contribution in [-0.4, -0.2) is 47.4 Å². The lowest BCUT2D eigenvalue weighted by Gasteiger charge is -2.20. The van der Waals surface area contributed by atoms with Crippen molar-refractivity contribution in [1.29, 1.82) is 0 Å². The van der Waals surface area contributed by atoms with Crippen LogP contribution < -0.4 is 5.32 Å². The predicted molar refractivity (Wildman–Crippen MR) is 329 cm³/mol. The minimum Gasteiger partial charge on any atom is -0.466 e. The first-order chi connectivity index (χ1) is 37.0. The Labute approximate surface area is 468 Å². The average molecular weight is 1050 g/mol. The Morgan fingerprint density at radius 3 is 0.987 bits per heavy atom. The fourth-order valence-electron chi connectivity index (χ4n) is 10.4. The van der Waals surface area contributed by atoms with Crippen LogP contribution in [0.1, 0.15) is 367 Å². The van der Waals surface area contributed by atoms with Crippen LogP contribution in [0.4, 0.5) is 0 Å². The first kappa shape index (κ1) is 73.1. The van der Waals surface area contributed by atoms with Crippen molar-refractivity contribution in [2.24, 2.45) is 0 Å². The molecule has 2 unspecified atom stereocenters. The van der Waals surface area contributed by atoms with E-state index in [2.05, 4.69) is 43.5 Å². The molecular formula is C69H131NO5. The molecule has 442 valence electrons. The van der Waals surface area contributed by atoms with Crippen molar-refractivity contribution in [2.75, 3.05) is 13.2 Å². The summed E-state index contributed by atoms with van der Waals surface area (Å²) in [4.78, 5) is 24.5. The van der Waals surface area contributed by atoms with Crippen molar-refractivity contribution in [3.8, 4) is 0 Å². The molecule has 0 radical (unpaired) electrons. The maximum absolute atomic E-state index is 12.5. The molecule has 3 N–H and O–H groups in total. The molecule has 0 spiro atoms. The van der Waals surface area contributed by atoms with E-state index in [4.69, 9.17) is 4.74 Å². The number of carbonyl (C=O) groups excluding carboxylic acids is 2. The molecule has 6 heteroatoms. The number of unbranched alkanes of at least 4 members (excludes halogenated alkanes) is 48. The van der Waals surface area contributed by atoms with Crippen molar-refractivity contribution in [3.05, 3.63) is 36.5 Å². The number of hydrogen-bond donors (Lipinski definition) is 3. The van der Waals surface area contributed by atoms with Gasteiger partial charge in [-0.3, -0.25) is 9.59 Å². The Kier molecular flexibility index (Phi) is 63.0. The van der Waals surface area contributed by atoms with Crippen molar-refractivity contribution in [3.63, 3.8) is 0 Å². The molecule has 0 fully saturated rings. The smallest absolute Gasteiger partial charge is 0.305 e. The number of ether oxygens (including phenoxy) is 1. The van der Waals surface area contributed by atoms with Crippen molar-refractivity contribution >= 4 is 11.9 Å². The van der Waals surface area contributed by atoms with E-state index < -0.39 is 12.1 Å². The first-order valence-electron chi connectivity index (χ1n) is 33.8. The summed E-state index contributed by atoms with van der Waals surface area (Å²) in [7, 11) is 0. The van der Waals surface area contributed by atoms with Gasteiger partial charge in [-0.05, 0) is 77.0 Å². The molecule has 6 nitrogen and oxygen atoms in total. The lowest BCUT2D eigenvalue weighted by atomic mass is 10.0. The van der Waals surface area contributed by atoms with Crippen LogP contribution in [0.15, 0.2) is 36.5 Å². The molecule has 2 atom stereocenters. The van der Waals surface area contributed by atoms with Crippen LogP contribution in [-0.2, 0) is 14.3 Å². The molecule has 1 amide bonds. The highest BCUT2D eigenvalue weighted by Crippen LogP contribution is 2.18. The topological polar surface area (TPSA) is 95.9 Å². The van der Waals surface area contributed by atoms with Gasteiger partial charge in [0.25, 0.3) is 0 Å². The number of allylic oxidation sites excluding steroid dienone is 5. The van der Waals surface area contributed by atoms with Gasteiger partial charge in [-0.1, -0.05) is 314 Å². The van der Waals surface area contributed by atoms with Crippen LogP contribution in [0.25, 0.3) is 0 Å². The number of rotatable bonds is 63. The largest absolute Gasteiger partial charge is 0.466 e. The van der Waals surface area contributed by atoms with E-state index in [-0.39, 0.29) is 18.5 Å². The summed E-state index contributed by atoms with van der Waals surface area (Å²) in [6.45, 7) is 4.89.